The van der Waals surface area contributed by atoms with Crippen molar-refractivity contribution in [3.05, 3.63) is 23.9 Å². The number of nitrogens with one attached hydrogen (secondary N) is 1. The molecule has 3 nitrogen and oxygen atoms in total. The average molecular weight is 290 g/mol. The summed E-state index contributed by atoms with van der Waals surface area (Å²) in [5.74, 6) is 3.11. The van der Waals surface area contributed by atoms with Crippen molar-refractivity contribution in [3.8, 4) is 0 Å². The van der Waals surface area contributed by atoms with E-state index in [1.807, 2.05) is 12.1 Å². The number of pyridine rings is 1. The maximum atomic E-state index is 6.26. The van der Waals surface area contributed by atoms with Crippen LogP contribution in [0.3, 0.4) is 0 Å². The monoisotopic (exact) mass is 290 g/mol. The van der Waals surface area contributed by atoms with Crippen molar-refractivity contribution < 1.29 is 4.74 Å². The zero-order valence-electron chi connectivity index (χ0n) is 13.9. The molecule has 0 spiro atoms. The largest absolute Gasteiger partial charge is 0.372 e. The molecule has 1 heterocycles. The number of hydrogen-bond acceptors (Lipinski definition) is 3. The van der Waals surface area contributed by atoms with Crippen LogP contribution in [0.15, 0.2) is 18.2 Å². The summed E-state index contributed by atoms with van der Waals surface area (Å²) in [7, 11) is 0. The van der Waals surface area contributed by atoms with Crippen LogP contribution in [0, 0.1) is 17.8 Å². The molecule has 3 atom stereocenters. The van der Waals surface area contributed by atoms with Crippen molar-refractivity contribution in [1.82, 2.24) is 4.98 Å². The van der Waals surface area contributed by atoms with Crippen LogP contribution in [0.25, 0.3) is 0 Å². The van der Waals surface area contributed by atoms with Gasteiger partial charge in [-0.1, -0.05) is 33.3 Å². The summed E-state index contributed by atoms with van der Waals surface area (Å²) < 4.78 is 6.26. The van der Waals surface area contributed by atoms with Gasteiger partial charge in [0.2, 0.25) is 0 Å². The molecule has 0 saturated heterocycles. The normalized spacial score (nSPS) is 26.0. The highest BCUT2D eigenvalue weighted by Gasteiger charge is 2.31. The molecule has 0 aliphatic heterocycles. The minimum absolute atomic E-state index is 0.387. The molecule has 2 rings (SSSR count). The first-order chi connectivity index (χ1) is 10.1. The number of rotatable bonds is 6. The van der Waals surface area contributed by atoms with E-state index in [0.717, 1.165) is 24.0 Å². The van der Waals surface area contributed by atoms with Crippen LogP contribution in [-0.2, 0) is 11.3 Å². The number of hydrogen-bond donors (Lipinski definition) is 1. The molecular weight excluding hydrogens is 260 g/mol. The van der Waals surface area contributed by atoms with Crippen molar-refractivity contribution in [2.75, 3.05) is 11.9 Å². The molecule has 1 aliphatic rings. The predicted molar refractivity (Wildman–Crippen MR) is 88.3 cm³/mol. The highest BCUT2D eigenvalue weighted by Crippen LogP contribution is 2.35. The maximum Gasteiger partial charge on any atom is 0.126 e. The SMILES string of the molecule is CCNc1cccc(COC2CC(C)CCC2C(C)C)n1. The van der Waals surface area contributed by atoms with E-state index in [-0.39, 0.29) is 0 Å². The van der Waals surface area contributed by atoms with Crippen LogP contribution in [-0.4, -0.2) is 17.6 Å². The van der Waals surface area contributed by atoms with E-state index >= 15 is 0 Å². The quantitative estimate of drug-likeness (QED) is 0.838. The standard InChI is InChI=1S/C18H30N2O/c1-5-19-18-8-6-7-15(20-18)12-21-17-11-14(4)9-10-16(17)13(2)3/h6-8,13-14,16-17H,5,9-12H2,1-4H3,(H,19,20). The van der Waals surface area contributed by atoms with Crippen LogP contribution in [0.1, 0.15) is 52.7 Å². The zero-order chi connectivity index (χ0) is 15.2. The first-order valence-corrected chi connectivity index (χ1v) is 8.41. The summed E-state index contributed by atoms with van der Waals surface area (Å²) >= 11 is 0. The van der Waals surface area contributed by atoms with Crippen molar-refractivity contribution in [3.63, 3.8) is 0 Å². The van der Waals surface area contributed by atoms with Gasteiger partial charge in [-0.2, -0.15) is 0 Å². The fourth-order valence-corrected chi connectivity index (χ4v) is 3.34. The lowest BCUT2D eigenvalue weighted by Crippen LogP contribution is -2.34. The second-order valence-electron chi connectivity index (χ2n) is 6.72. The Morgan fingerprint density at radius 1 is 1.33 bits per heavy atom. The Morgan fingerprint density at radius 2 is 2.14 bits per heavy atom. The molecule has 1 fully saturated rings. The summed E-state index contributed by atoms with van der Waals surface area (Å²) in [4.78, 5) is 4.60. The van der Waals surface area contributed by atoms with E-state index in [4.69, 9.17) is 4.74 Å². The fraction of sp³-hybridized carbons (Fsp3) is 0.722. The molecule has 1 aliphatic carbocycles. The first kappa shape index (κ1) is 16.3. The smallest absolute Gasteiger partial charge is 0.126 e. The lowest BCUT2D eigenvalue weighted by molar-refractivity contribution is -0.0482. The molecule has 1 aromatic heterocycles. The Kier molecular flexibility index (Phi) is 6.04. The topological polar surface area (TPSA) is 34.1 Å². The van der Waals surface area contributed by atoms with E-state index in [1.54, 1.807) is 0 Å². The van der Waals surface area contributed by atoms with Crippen molar-refractivity contribution in [2.24, 2.45) is 17.8 Å². The van der Waals surface area contributed by atoms with E-state index in [0.29, 0.717) is 24.5 Å². The third kappa shape index (κ3) is 4.70. The highest BCUT2D eigenvalue weighted by atomic mass is 16.5. The van der Waals surface area contributed by atoms with Crippen LogP contribution in [0.5, 0.6) is 0 Å². The Balaban J connectivity index is 1.95. The van der Waals surface area contributed by atoms with Gasteiger partial charge in [-0.3, -0.25) is 0 Å². The summed E-state index contributed by atoms with van der Waals surface area (Å²) in [6.07, 6.45) is 4.22. The Bertz CT molecular complexity index is 433. The van der Waals surface area contributed by atoms with E-state index < -0.39 is 0 Å². The lowest BCUT2D eigenvalue weighted by atomic mass is 9.75. The molecule has 1 saturated carbocycles. The Hall–Kier alpha value is -1.09. The van der Waals surface area contributed by atoms with Gasteiger partial charge in [-0.15, -0.1) is 0 Å². The summed E-state index contributed by atoms with van der Waals surface area (Å²) in [6.45, 7) is 10.6. The molecule has 0 amide bonds. The van der Waals surface area contributed by atoms with Crippen LogP contribution in [0.4, 0.5) is 5.82 Å². The molecule has 1 N–H and O–H groups in total. The summed E-state index contributed by atoms with van der Waals surface area (Å²) in [5.41, 5.74) is 1.02. The van der Waals surface area contributed by atoms with Crippen molar-refractivity contribution in [2.45, 2.75) is 59.7 Å². The van der Waals surface area contributed by atoms with Gasteiger partial charge in [0.05, 0.1) is 18.4 Å². The van der Waals surface area contributed by atoms with Gasteiger partial charge in [-0.05, 0) is 49.7 Å². The second-order valence-corrected chi connectivity index (χ2v) is 6.72. The van der Waals surface area contributed by atoms with Gasteiger partial charge >= 0.3 is 0 Å². The third-order valence-corrected chi connectivity index (χ3v) is 4.57. The van der Waals surface area contributed by atoms with Gasteiger partial charge < -0.3 is 10.1 Å². The van der Waals surface area contributed by atoms with Gasteiger partial charge in [-0.25, -0.2) is 4.98 Å². The lowest BCUT2D eigenvalue weighted by Gasteiger charge is -2.37. The number of nitrogens with zero attached hydrogens (tertiary/aromatic N) is 1. The van der Waals surface area contributed by atoms with Gasteiger partial charge in [0.25, 0.3) is 0 Å². The Morgan fingerprint density at radius 3 is 2.86 bits per heavy atom. The van der Waals surface area contributed by atoms with Crippen LogP contribution < -0.4 is 5.32 Å². The molecule has 3 unspecified atom stereocenters. The molecule has 3 heteroatoms. The maximum absolute atomic E-state index is 6.26. The van der Waals surface area contributed by atoms with Crippen molar-refractivity contribution in [1.29, 1.82) is 0 Å². The van der Waals surface area contributed by atoms with E-state index in [9.17, 15) is 0 Å². The summed E-state index contributed by atoms with van der Waals surface area (Å²) in [5, 5.41) is 3.25. The number of anilines is 1. The highest BCUT2D eigenvalue weighted by molar-refractivity contribution is 5.34. The fourth-order valence-electron chi connectivity index (χ4n) is 3.34. The molecule has 0 radical (unpaired) electrons. The van der Waals surface area contributed by atoms with E-state index in [2.05, 4.69) is 44.1 Å². The first-order valence-electron chi connectivity index (χ1n) is 8.41. The van der Waals surface area contributed by atoms with E-state index in [1.165, 1.54) is 19.3 Å². The molecule has 0 bridgehead atoms. The molecule has 0 aromatic carbocycles. The van der Waals surface area contributed by atoms with Gasteiger partial charge in [0, 0.05) is 6.54 Å². The molecular formula is C18H30N2O. The van der Waals surface area contributed by atoms with Crippen LogP contribution >= 0.6 is 0 Å². The second kappa shape index (κ2) is 7.79. The number of ether oxygens (including phenoxy) is 1. The van der Waals surface area contributed by atoms with Gasteiger partial charge in [0.1, 0.15) is 5.82 Å². The van der Waals surface area contributed by atoms with Crippen LogP contribution in [0.2, 0.25) is 0 Å². The zero-order valence-corrected chi connectivity index (χ0v) is 13.9. The average Bonchev–Trinajstić information content (AvgIpc) is 2.45. The minimum Gasteiger partial charge on any atom is -0.372 e. The van der Waals surface area contributed by atoms with Crippen molar-refractivity contribution >= 4 is 5.82 Å². The molecule has 118 valence electrons. The number of aromatic nitrogens is 1. The molecule has 21 heavy (non-hydrogen) atoms. The van der Waals surface area contributed by atoms with Gasteiger partial charge in [0.15, 0.2) is 0 Å². The molecule has 1 aromatic rings. The third-order valence-electron chi connectivity index (χ3n) is 4.57. The Labute approximate surface area is 129 Å². The predicted octanol–water partition coefficient (Wildman–Crippen LogP) is 4.49. The summed E-state index contributed by atoms with van der Waals surface area (Å²) in [6, 6.07) is 6.11. The minimum atomic E-state index is 0.387.